The summed E-state index contributed by atoms with van der Waals surface area (Å²) in [6, 6.07) is 7.78. The van der Waals surface area contributed by atoms with Crippen LogP contribution in [0.5, 0.6) is 0 Å². The van der Waals surface area contributed by atoms with Gasteiger partial charge in [-0.25, -0.2) is 9.78 Å². The number of carbonyl (C=O) groups is 2. The maximum Gasteiger partial charge on any atom is 0.329 e. The summed E-state index contributed by atoms with van der Waals surface area (Å²) in [4.78, 5) is 27.5. The van der Waals surface area contributed by atoms with Crippen LogP contribution in [0.3, 0.4) is 0 Å². The van der Waals surface area contributed by atoms with Crippen molar-refractivity contribution in [1.29, 1.82) is 0 Å². The molecule has 0 aliphatic heterocycles. The second-order valence-corrected chi connectivity index (χ2v) is 7.04. The molecular formula is C15H13BrN2O3S. The van der Waals surface area contributed by atoms with Gasteiger partial charge in [0.15, 0.2) is 0 Å². The molecular weight excluding hydrogens is 368 g/mol. The van der Waals surface area contributed by atoms with E-state index in [1.807, 2.05) is 29.6 Å². The third-order valence-corrected chi connectivity index (χ3v) is 4.94. The zero-order valence-electron chi connectivity index (χ0n) is 11.5. The number of thiazole rings is 1. The molecule has 1 heterocycles. The van der Waals surface area contributed by atoms with Crippen LogP contribution in [0.15, 0.2) is 34.1 Å². The van der Waals surface area contributed by atoms with Gasteiger partial charge in [-0.2, -0.15) is 0 Å². The molecule has 2 N–H and O–H groups in total. The number of rotatable bonds is 5. The van der Waals surface area contributed by atoms with Gasteiger partial charge in [-0.05, 0) is 25.0 Å². The average Bonchev–Trinajstić information content (AvgIpc) is 3.09. The Bertz CT molecular complexity index is 740. The number of hydrogen-bond donors (Lipinski definition) is 2. The SMILES string of the molecule is O=C(Cc1csc(-c2cccc(Br)c2)n1)NC1(C(=O)O)CC1. The fraction of sp³-hybridized carbons (Fsp3) is 0.267. The molecule has 22 heavy (non-hydrogen) atoms. The molecule has 1 fully saturated rings. The van der Waals surface area contributed by atoms with Crippen molar-refractivity contribution in [3.05, 3.63) is 39.8 Å². The summed E-state index contributed by atoms with van der Waals surface area (Å²) in [6.07, 6.45) is 1.09. The van der Waals surface area contributed by atoms with E-state index in [-0.39, 0.29) is 12.3 Å². The van der Waals surface area contributed by atoms with E-state index in [0.717, 1.165) is 15.0 Å². The van der Waals surface area contributed by atoms with Gasteiger partial charge in [0, 0.05) is 15.4 Å². The van der Waals surface area contributed by atoms with Crippen LogP contribution in [-0.4, -0.2) is 27.5 Å². The van der Waals surface area contributed by atoms with Crippen molar-refractivity contribution in [2.45, 2.75) is 24.8 Å². The summed E-state index contributed by atoms with van der Waals surface area (Å²) in [5, 5.41) is 14.3. The Kier molecular flexibility index (Phi) is 4.01. The maximum atomic E-state index is 12.0. The molecule has 0 radical (unpaired) electrons. The maximum absolute atomic E-state index is 12.0. The van der Waals surface area contributed by atoms with Gasteiger partial charge in [0.25, 0.3) is 0 Å². The van der Waals surface area contributed by atoms with Crippen molar-refractivity contribution >= 4 is 39.1 Å². The number of hydrogen-bond acceptors (Lipinski definition) is 4. The van der Waals surface area contributed by atoms with Gasteiger partial charge in [0.05, 0.1) is 12.1 Å². The molecule has 3 rings (SSSR count). The lowest BCUT2D eigenvalue weighted by Crippen LogP contribution is -2.43. The molecule has 1 aromatic heterocycles. The van der Waals surface area contributed by atoms with E-state index in [2.05, 4.69) is 26.2 Å². The van der Waals surface area contributed by atoms with E-state index in [1.54, 1.807) is 0 Å². The molecule has 0 atom stereocenters. The largest absolute Gasteiger partial charge is 0.480 e. The number of carboxylic acids is 1. The number of nitrogens with one attached hydrogen (secondary N) is 1. The Morgan fingerprint density at radius 1 is 1.41 bits per heavy atom. The van der Waals surface area contributed by atoms with E-state index in [4.69, 9.17) is 5.11 Å². The summed E-state index contributed by atoms with van der Waals surface area (Å²) in [5.74, 6) is -1.26. The highest BCUT2D eigenvalue weighted by Crippen LogP contribution is 2.35. The Hall–Kier alpha value is -1.73. The molecule has 1 saturated carbocycles. The van der Waals surface area contributed by atoms with Crippen LogP contribution in [0.4, 0.5) is 0 Å². The molecule has 0 bridgehead atoms. The van der Waals surface area contributed by atoms with Gasteiger partial charge < -0.3 is 10.4 Å². The van der Waals surface area contributed by atoms with Gasteiger partial charge >= 0.3 is 5.97 Å². The van der Waals surface area contributed by atoms with Crippen molar-refractivity contribution in [2.24, 2.45) is 0 Å². The number of nitrogens with zero attached hydrogens (tertiary/aromatic N) is 1. The van der Waals surface area contributed by atoms with Gasteiger partial charge in [0.2, 0.25) is 5.91 Å². The minimum Gasteiger partial charge on any atom is -0.480 e. The van der Waals surface area contributed by atoms with E-state index in [0.29, 0.717) is 18.5 Å². The summed E-state index contributed by atoms with van der Waals surface area (Å²) < 4.78 is 0.969. The highest BCUT2D eigenvalue weighted by Gasteiger charge is 2.51. The first-order valence-corrected chi connectivity index (χ1v) is 8.40. The molecule has 1 aliphatic rings. The van der Waals surface area contributed by atoms with Gasteiger partial charge in [-0.1, -0.05) is 28.1 Å². The second kappa shape index (κ2) is 5.81. The van der Waals surface area contributed by atoms with Crippen LogP contribution in [-0.2, 0) is 16.0 Å². The van der Waals surface area contributed by atoms with Crippen molar-refractivity contribution in [1.82, 2.24) is 10.3 Å². The molecule has 2 aromatic rings. The van der Waals surface area contributed by atoms with Crippen molar-refractivity contribution in [3.8, 4) is 10.6 Å². The summed E-state index contributed by atoms with van der Waals surface area (Å²) >= 11 is 4.88. The molecule has 1 aliphatic carbocycles. The predicted octanol–water partition coefficient (Wildman–Crippen LogP) is 2.85. The Labute approximate surface area is 139 Å². The first-order chi connectivity index (χ1) is 10.5. The van der Waals surface area contributed by atoms with Crippen molar-refractivity contribution in [3.63, 3.8) is 0 Å². The first-order valence-electron chi connectivity index (χ1n) is 6.73. The summed E-state index contributed by atoms with van der Waals surface area (Å²) in [5.41, 5.74) is 0.592. The average molecular weight is 381 g/mol. The molecule has 7 heteroatoms. The zero-order chi connectivity index (χ0) is 15.7. The Morgan fingerprint density at radius 2 is 2.18 bits per heavy atom. The minimum atomic E-state index is -1.04. The van der Waals surface area contributed by atoms with Gasteiger partial charge in [-0.15, -0.1) is 11.3 Å². The van der Waals surface area contributed by atoms with Gasteiger partial charge in [-0.3, -0.25) is 4.79 Å². The van der Waals surface area contributed by atoms with Crippen LogP contribution in [0.25, 0.3) is 10.6 Å². The van der Waals surface area contributed by atoms with Crippen molar-refractivity contribution in [2.75, 3.05) is 0 Å². The molecule has 114 valence electrons. The number of aliphatic carboxylic acids is 1. The topological polar surface area (TPSA) is 79.3 Å². The number of aromatic nitrogens is 1. The molecule has 0 spiro atoms. The monoisotopic (exact) mass is 380 g/mol. The first kappa shape index (κ1) is 15.2. The number of halogens is 1. The fourth-order valence-corrected chi connectivity index (χ4v) is 3.35. The lowest BCUT2D eigenvalue weighted by Gasteiger charge is -2.11. The van der Waals surface area contributed by atoms with Crippen LogP contribution in [0.1, 0.15) is 18.5 Å². The highest BCUT2D eigenvalue weighted by atomic mass is 79.9. The number of carboxylic acid groups (broad SMARTS) is 1. The minimum absolute atomic E-state index is 0.0968. The molecule has 0 saturated heterocycles. The highest BCUT2D eigenvalue weighted by molar-refractivity contribution is 9.10. The Balaban J connectivity index is 1.67. The van der Waals surface area contributed by atoms with Gasteiger partial charge in [0.1, 0.15) is 10.5 Å². The molecule has 0 unspecified atom stereocenters. The lowest BCUT2D eigenvalue weighted by molar-refractivity contribution is -0.143. The van der Waals surface area contributed by atoms with Crippen LogP contribution in [0.2, 0.25) is 0 Å². The van der Waals surface area contributed by atoms with Crippen LogP contribution >= 0.6 is 27.3 Å². The van der Waals surface area contributed by atoms with E-state index < -0.39 is 11.5 Å². The van der Waals surface area contributed by atoms with Crippen LogP contribution in [0, 0.1) is 0 Å². The third kappa shape index (κ3) is 3.20. The fourth-order valence-electron chi connectivity index (χ4n) is 2.14. The zero-order valence-corrected chi connectivity index (χ0v) is 13.9. The van der Waals surface area contributed by atoms with E-state index in [1.165, 1.54) is 11.3 Å². The quantitative estimate of drug-likeness (QED) is 0.835. The number of amides is 1. The normalized spacial score (nSPS) is 15.3. The third-order valence-electron chi connectivity index (χ3n) is 3.50. The van der Waals surface area contributed by atoms with E-state index in [9.17, 15) is 9.59 Å². The summed E-state index contributed by atoms with van der Waals surface area (Å²) in [7, 11) is 0. The lowest BCUT2D eigenvalue weighted by atomic mass is 10.2. The number of carbonyl (C=O) groups excluding carboxylic acids is 1. The van der Waals surface area contributed by atoms with Crippen molar-refractivity contribution < 1.29 is 14.7 Å². The van der Waals surface area contributed by atoms with Crippen LogP contribution < -0.4 is 5.32 Å². The smallest absolute Gasteiger partial charge is 0.329 e. The molecule has 1 amide bonds. The van der Waals surface area contributed by atoms with E-state index >= 15 is 0 Å². The Morgan fingerprint density at radius 3 is 2.82 bits per heavy atom. The summed E-state index contributed by atoms with van der Waals surface area (Å²) in [6.45, 7) is 0. The second-order valence-electron chi connectivity index (χ2n) is 5.27. The molecule has 1 aromatic carbocycles. The number of benzene rings is 1. The molecule has 5 nitrogen and oxygen atoms in total. The standard InChI is InChI=1S/C15H13BrN2O3S/c16-10-3-1-2-9(6-10)13-17-11(8-22-13)7-12(19)18-15(4-5-15)14(20)21/h1-3,6,8H,4-5,7H2,(H,18,19)(H,20,21). The predicted molar refractivity (Wildman–Crippen MR) is 86.7 cm³/mol.